The second kappa shape index (κ2) is 35.5. The molecule has 560 valence electrons. The Hall–Kier alpha value is -7.89. The molecular weight excluding hydrogens is 1460 g/mol. The van der Waals surface area contributed by atoms with E-state index < -0.39 is 172 Å². The molecule has 1 spiro atoms. The summed E-state index contributed by atoms with van der Waals surface area (Å²) in [6.07, 6.45) is -4.08. The van der Waals surface area contributed by atoms with Gasteiger partial charge in [-0.05, 0) is 128 Å². The van der Waals surface area contributed by atoms with Gasteiger partial charge in [0.1, 0.15) is 59.9 Å². The van der Waals surface area contributed by atoms with Crippen molar-refractivity contribution in [2.45, 2.75) is 192 Å². The van der Waals surface area contributed by atoms with Gasteiger partial charge in [0.2, 0.25) is 70.9 Å². The fourth-order valence-corrected chi connectivity index (χ4v) is 14.2. The largest absolute Gasteiger partial charge is 0.417 e. The number of aryl methyl sites for hydroxylation is 2. The Bertz CT molecular complexity index is 3600. The Morgan fingerprint density at radius 3 is 1.82 bits per heavy atom. The van der Waals surface area contributed by atoms with Gasteiger partial charge in [-0.2, -0.15) is 13.2 Å². The van der Waals surface area contributed by atoms with Crippen LogP contribution in [0.2, 0.25) is 5.02 Å². The van der Waals surface area contributed by atoms with Crippen LogP contribution in [0.25, 0.3) is 0 Å². The summed E-state index contributed by atoms with van der Waals surface area (Å²) in [6.45, 7) is 11.3. The fourth-order valence-electron chi connectivity index (χ4n) is 13.3. The van der Waals surface area contributed by atoms with E-state index in [4.69, 9.17) is 11.6 Å². The van der Waals surface area contributed by atoms with Gasteiger partial charge in [0.25, 0.3) is 0 Å². The molecule has 11 atom stereocenters. The minimum atomic E-state index is -4.79. The second-order valence-electron chi connectivity index (χ2n) is 28.1. The maximum Gasteiger partial charge on any atom is 0.417 e. The lowest BCUT2D eigenvalue weighted by Gasteiger charge is -2.45. The zero-order chi connectivity index (χ0) is 76.3. The van der Waals surface area contributed by atoms with Gasteiger partial charge in [0, 0.05) is 86.4 Å². The van der Waals surface area contributed by atoms with Crippen LogP contribution in [-0.4, -0.2) is 251 Å². The maximum absolute atomic E-state index is 15.6. The summed E-state index contributed by atoms with van der Waals surface area (Å²) in [4.78, 5) is 190. The van der Waals surface area contributed by atoms with Crippen molar-refractivity contribution in [2.75, 3.05) is 76.5 Å². The summed E-state index contributed by atoms with van der Waals surface area (Å²) >= 11 is 8.29. The van der Waals surface area contributed by atoms with Crippen molar-refractivity contribution in [3.05, 3.63) is 103 Å². The van der Waals surface area contributed by atoms with Gasteiger partial charge in [0.15, 0.2) is 0 Å². The Morgan fingerprint density at radius 1 is 0.667 bits per heavy atom. The number of alkyl halides is 3. The molecule has 1 unspecified atom stereocenters. The number of nitrogens with one attached hydrogen (secondary N) is 3. The Kier molecular flexibility index (Phi) is 28.9. The molecule has 2 saturated heterocycles. The van der Waals surface area contributed by atoms with E-state index in [2.05, 4.69) is 38.5 Å². The van der Waals surface area contributed by atoms with Crippen LogP contribution in [0.5, 0.6) is 0 Å². The number of carbonyl (C=O) groups excluding carboxylic acids is 12. The highest BCUT2D eigenvalue weighted by molar-refractivity contribution is 14.1. The summed E-state index contributed by atoms with van der Waals surface area (Å²) in [5.41, 5.74) is -0.400. The molecule has 29 heteroatoms. The van der Waals surface area contributed by atoms with Crippen LogP contribution in [0, 0.1) is 22.3 Å². The molecule has 1 aliphatic carbocycles. The van der Waals surface area contributed by atoms with Crippen LogP contribution in [0.4, 0.5) is 13.2 Å². The van der Waals surface area contributed by atoms with Gasteiger partial charge < -0.3 is 60.0 Å². The number of hydrogen-bond acceptors (Lipinski definition) is 12. The zero-order valence-electron chi connectivity index (χ0n) is 61.4. The molecule has 3 aliphatic rings. The van der Waals surface area contributed by atoms with Gasteiger partial charge in [0.05, 0.1) is 23.6 Å². The highest BCUT2D eigenvalue weighted by Crippen LogP contribution is 2.37. The summed E-state index contributed by atoms with van der Waals surface area (Å²) in [7, 11) is 12.5. The number of hydrogen-bond donors (Lipinski definition) is 3. The zero-order valence-corrected chi connectivity index (χ0v) is 64.3. The van der Waals surface area contributed by atoms with E-state index in [1.807, 2.05) is 32.0 Å². The molecule has 1 saturated carbocycles. The topological polar surface area (TPSA) is 270 Å². The van der Waals surface area contributed by atoms with Crippen LogP contribution >= 0.6 is 34.2 Å². The van der Waals surface area contributed by atoms with E-state index >= 15 is 24.0 Å². The number of carbonyl (C=O) groups is 12. The third kappa shape index (κ3) is 19.7. The average molecular weight is 1560 g/mol. The smallest absolute Gasteiger partial charge is 0.347 e. The molecule has 0 radical (unpaired) electrons. The number of nitrogens with zero attached hydrogens (tertiary/aromatic N) is 9. The van der Waals surface area contributed by atoms with Crippen molar-refractivity contribution in [3.63, 3.8) is 0 Å². The van der Waals surface area contributed by atoms with Crippen molar-refractivity contribution in [1.29, 1.82) is 0 Å². The van der Waals surface area contributed by atoms with Crippen molar-refractivity contribution in [1.82, 2.24) is 60.0 Å². The van der Waals surface area contributed by atoms with E-state index in [9.17, 15) is 46.7 Å². The summed E-state index contributed by atoms with van der Waals surface area (Å²) in [6, 6.07) is 5.52. The highest BCUT2D eigenvalue weighted by atomic mass is 127. The quantitative estimate of drug-likeness (QED) is 0.184. The molecule has 3 aromatic carbocycles. The van der Waals surface area contributed by atoms with E-state index in [-0.39, 0.29) is 57.1 Å². The molecule has 3 aromatic rings. The first kappa shape index (κ1) is 83.1. The standard InChI is InChI=1S/C73H101ClF3IN12O12/c1-17-43(4)60-69(100)85(12)46(7)64(95)90-35-32-54(90)68(99)87(14)56(38-48-26-24-42(3)25-27-48)67(98)83(10)41-58(91)79-53(31-29-47-28-30-51(52(74)37-47)73(75,76)77)65(96)86(13)55(39-49-22-21-23-50(78)36-49)63(94)81-72(33-19-20-34-72)71(102)89(16)61(44(5)18-2)70(101)88(15)57(66(97)82(8)9)40-59(92)84(11)45(6)62(93)80-60/h21-28,30,36-37,43-46,53-57,60-61H,17-20,29,31-35,38-41H2,1-16H3,(H,79,91)(H,80,93)(H,81,94)/t43-,44-,45-,46-,53-,54?,55-,56-,57-,60-,61-/m0/s1. The van der Waals surface area contributed by atoms with Crippen LogP contribution in [-0.2, 0) is 83.0 Å². The van der Waals surface area contributed by atoms with Crippen LogP contribution in [0.1, 0.15) is 127 Å². The SMILES string of the molecule is CC[C@H](C)[C@@H]1NC(=O)[C@H](C)N(C)C(=O)C[C@@H](C(=O)N(C)C)N(C)C(=O)[C@H]([C@@H](C)CC)N(C)C(=O)C2(CCCC2)NC(=O)[C@H](Cc2cccc(I)c2)N(C)C(=O)[C@H](CCc2ccc(C(F)(F)F)c(Cl)c2)NC(=O)CN(C)C(=O)[C@H](Cc2ccc(C)cc2)N(C)C(=O)C2CCN2C(=O)[C@H](C)N(C)C1=O. The first-order chi connectivity index (χ1) is 47.7. The molecule has 0 aromatic heterocycles. The second-order valence-corrected chi connectivity index (χ2v) is 29.7. The summed E-state index contributed by atoms with van der Waals surface area (Å²) in [5, 5.41) is 7.97. The fraction of sp³-hybridized carbons (Fsp3) is 0.589. The van der Waals surface area contributed by atoms with Gasteiger partial charge >= 0.3 is 6.18 Å². The number of fused-ring (bicyclic) bond motifs is 1. The molecule has 2 aliphatic heterocycles. The highest BCUT2D eigenvalue weighted by Gasteiger charge is 2.51. The normalized spacial score (nSPS) is 25.1. The Labute approximate surface area is 615 Å². The number of likely N-dealkylation sites (N-methyl/N-ethyl adjacent to an activating group) is 8. The first-order valence-corrected chi connectivity index (χ1v) is 36.1. The van der Waals surface area contributed by atoms with Crippen LogP contribution in [0.15, 0.2) is 66.7 Å². The average Bonchev–Trinajstić information content (AvgIpc) is 1.31. The van der Waals surface area contributed by atoms with Crippen LogP contribution in [0.3, 0.4) is 0 Å². The third-order valence-corrected chi connectivity index (χ3v) is 21.8. The molecule has 3 N–H and O–H groups in total. The number of rotatable bonds is 12. The van der Waals surface area contributed by atoms with E-state index in [1.165, 1.54) is 108 Å². The van der Waals surface area contributed by atoms with Gasteiger partial charge in [-0.15, -0.1) is 0 Å². The molecule has 6 rings (SSSR count). The van der Waals surface area contributed by atoms with Gasteiger partial charge in [-0.1, -0.05) is 113 Å². The lowest BCUT2D eigenvalue weighted by molar-refractivity contribution is -0.160. The van der Waals surface area contributed by atoms with Crippen molar-refractivity contribution >= 4 is 105 Å². The van der Waals surface area contributed by atoms with Gasteiger partial charge in [-0.3, -0.25) is 57.5 Å². The minimum absolute atomic E-state index is 0.0633. The number of benzene rings is 3. The summed E-state index contributed by atoms with van der Waals surface area (Å²) < 4.78 is 42.7. The number of halogens is 5. The lowest BCUT2D eigenvalue weighted by atomic mass is 9.90. The van der Waals surface area contributed by atoms with E-state index in [0.29, 0.717) is 36.8 Å². The van der Waals surface area contributed by atoms with Crippen molar-refractivity contribution < 1.29 is 70.7 Å². The molecule has 12 amide bonds. The van der Waals surface area contributed by atoms with Crippen molar-refractivity contribution in [3.8, 4) is 0 Å². The van der Waals surface area contributed by atoms with Crippen LogP contribution < -0.4 is 16.0 Å². The predicted molar refractivity (Wildman–Crippen MR) is 386 cm³/mol. The molecule has 3 fully saturated rings. The Morgan fingerprint density at radius 2 is 1.26 bits per heavy atom. The third-order valence-electron chi connectivity index (χ3n) is 20.9. The van der Waals surface area contributed by atoms with E-state index in [0.717, 1.165) is 40.9 Å². The molecule has 2 heterocycles. The van der Waals surface area contributed by atoms with Crippen molar-refractivity contribution in [2.24, 2.45) is 11.8 Å². The molecule has 24 nitrogen and oxygen atoms in total. The molecular formula is C73H101ClF3IN12O12. The predicted octanol–water partition coefficient (Wildman–Crippen LogP) is 5.73. The number of amides is 12. The molecule has 0 bridgehead atoms. The summed E-state index contributed by atoms with van der Waals surface area (Å²) in [5.74, 6) is -9.79. The molecule has 102 heavy (non-hydrogen) atoms. The monoisotopic (exact) mass is 1560 g/mol. The van der Waals surface area contributed by atoms with Gasteiger partial charge in [-0.25, -0.2) is 0 Å². The first-order valence-electron chi connectivity index (χ1n) is 34.7. The van der Waals surface area contributed by atoms with E-state index in [1.54, 1.807) is 51.1 Å². The Balaban J connectivity index is 1.49. The maximum atomic E-state index is 15.6. The lowest BCUT2D eigenvalue weighted by Crippen LogP contribution is -2.65. The minimum Gasteiger partial charge on any atom is -0.347 e.